The van der Waals surface area contributed by atoms with Gasteiger partial charge in [-0.2, -0.15) is 0 Å². The van der Waals surface area contributed by atoms with Crippen molar-refractivity contribution in [1.82, 2.24) is 9.97 Å². The molecule has 0 spiro atoms. The number of carboxylic acid groups (broad SMARTS) is 1. The Labute approximate surface area is 108 Å². The van der Waals surface area contributed by atoms with E-state index in [1.165, 1.54) is 25.5 Å². The summed E-state index contributed by atoms with van der Waals surface area (Å²) in [5.41, 5.74) is 0. The molecule has 2 rings (SSSR count). The van der Waals surface area contributed by atoms with Crippen LogP contribution >= 0.6 is 0 Å². The van der Waals surface area contributed by atoms with Crippen molar-refractivity contribution in [1.29, 1.82) is 0 Å². The Balaban J connectivity index is 2.37. The molecule has 0 saturated heterocycles. The number of carbonyl (C=O) groups is 1. The average Bonchev–Trinajstić information content (AvgIpc) is 2.73. The smallest absolute Gasteiger partial charge is 0.371 e. The minimum absolute atomic E-state index is 0.0196. The van der Waals surface area contributed by atoms with E-state index < -0.39 is 21.8 Å². The second-order valence-electron chi connectivity index (χ2n) is 3.53. The predicted octanol–water partition coefficient (Wildman–Crippen LogP) is 0.877. The first-order valence-electron chi connectivity index (χ1n) is 5.03. The van der Waals surface area contributed by atoms with Gasteiger partial charge in [-0.05, 0) is 6.92 Å². The van der Waals surface area contributed by atoms with Crippen molar-refractivity contribution in [2.45, 2.75) is 11.8 Å². The Morgan fingerprint density at radius 2 is 2.16 bits per heavy atom. The summed E-state index contributed by atoms with van der Waals surface area (Å²) in [4.78, 5) is 17.9. The van der Waals surface area contributed by atoms with Gasteiger partial charge in [-0.25, -0.2) is 18.2 Å². The predicted molar refractivity (Wildman–Crippen MR) is 63.2 cm³/mol. The number of aromatic carboxylic acids is 1. The van der Waals surface area contributed by atoms with E-state index in [9.17, 15) is 13.2 Å². The van der Waals surface area contributed by atoms with Gasteiger partial charge >= 0.3 is 5.97 Å². The lowest BCUT2D eigenvalue weighted by Gasteiger charge is -2.04. The molecule has 0 atom stereocenters. The van der Waals surface area contributed by atoms with Gasteiger partial charge in [-0.3, -0.25) is 9.71 Å². The molecule has 9 heteroatoms. The van der Waals surface area contributed by atoms with Crippen molar-refractivity contribution in [3.8, 4) is 0 Å². The second-order valence-corrected chi connectivity index (χ2v) is 5.18. The maximum atomic E-state index is 12.0. The molecular weight excluding hydrogens is 274 g/mol. The number of sulfonamides is 1. The number of hydrogen-bond acceptors (Lipinski definition) is 6. The molecule has 0 bridgehead atoms. The molecule has 2 N–H and O–H groups in total. The molecule has 0 unspecified atom stereocenters. The fraction of sp³-hybridized carbons (Fsp3) is 0.100. The average molecular weight is 283 g/mol. The maximum absolute atomic E-state index is 12.0. The third kappa shape index (κ3) is 2.71. The standard InChI is InChI=1S/C10H9N3O5S/c1-6-8(4-7(18-6)10(14)15)19(16,17)13-9-5-11-2-3-12-9/h2-5H,1H3,(H,12,13)(H,14,15). The van der Waals surface area contributed by atoms with Gasteiger partial charge in [0.05, 0.1) is 6.20 Å². The number of nitrogens with one attached hydrogen (secondary N) is 1. The number of rotatable bonds is 4. The largest absolute Gasteiger partial charge is 0.475 e. The number of nitrogens with zero attached hydrogens (tertiary/aromatic N) is 2. The fourth-order valence-corrected chi connectivity index (χ4v) is 2.56. The third-order valence-electron chi connectivity index (χ3n) is 2.17. The van der Waals surface area contributed by atoms with Crippen molar-refractivity contribution in [3.05, 3.63) is 36.2 Å². The van der Waals surface area contributed by atoms with E-state index in [1.807, 2.05) is 0 Å². The molecule has 2 aromatic rings. The first-order valence-corrected chi connectivity index (χ1v) is 6.51. The summed E-state index contributed by atoms with van der Waals surface area (Å²) < 4.78 is 31.1. The van der Waals surface area contributed by atoms with Gasteiger partial charge < -0.3 is 9.52 Å². The molecule has 8 nitrogen and oxygen atoms in total. The lowest BCUT2D eigenvalue weighted by atomic mass is 10.4. The van der Waals surface area contributed by atoms with Crippen molar-refractivity contribution in [2.24, 2.45) is 0 Å². The van der Waals surface area contributed by atoms with Crippen LogP contribution in [0.2, 0.25) is 0 Å². The van der Waals surface area contributed by atoms with Crippen LogP contribution in [0.15, 0.2) is 34.0 Å². The Hall–Kier alpha value is -2.42. The van der Waals surface area contributed by atoms with Crippen LogP contribution in [0.3, 0.4) is 0 Å². The number of anilines is 1. The first-order chi connectivity index (χ1) is 8.90. The van der Waals surface area contributed by atoms with Crippen molar-refractivity contribution in [2.75, 3.05) is 4.72 Å². The highest BCUT2D eigenvalue weighted by Crippen LogP contribution is 2.21. The zero-order chi connectivity index (χ0) is 14.0. The van der Waals surface area contributed by atoms with Gasteiger partial charge in [0.1, 0.15) is 10.7 Å². The number of furan rings is 1. The summed E-state index contributed by atoms with van der Waals surface area (Å²) in [6, 6.07) is 0.941. The summed E-state index contributed by atoms with van der Waals surface area (Å²) >= 11 is 0. The van der Waals surface area contributed by atoms with Gasteiger partial charge in [-0.15, -0.1) is 0 Å². The van der Waals surface area contributed by atoms with Crippen LogP contribution in [0.4, 0.5) is 5.82 Å². The van der Waals surface area contributed by atoms with Gasteiger partial charge in [0, 0.05) is 18.5 Å². The van der Waals surface area contributed by atoms with Crippen LogP contribution in [0, 0.1) is 6.92 Å². The molecule has 0 fully saturated rings. The van der Waals surface area contributed by atoms with Gasteiger partial charge in [0.15, 0.2) is 5.82 Å². The second kappa shape index (κ2) is 4.69. The molecule has 0 saturated carbocycles. The SMILES string of the molecule is Cc1oc(C(=O)O)cc1S(=O)(=O)Nc1cnccn1. The molecule has 0 aliphatic carbocycles. The highest BCUT2D eigenvalue weighted by molar-refractivity contribution is 7.92. The highest BCUT2D eigenvalue weighted by Gasteiger charge is 2.24. The molecule has 0 amide bonds. The molecule has 2 heterocycles. The lowest BCUT2D eigenvalue weighted by Crippen LogP contribution is -2.14. The van der Waals surface area contributed by atoms with E-state index in [-0.39, 0.29) is 16.5 Å². The molecular formula is C10H9N3O5S. The van der Waals surface area contributed by atoms with Crippen LogP contribution in [0.5, 0.6) is 0 Å². The third-order valence-corrected chi connectivity index (χ3v) is 3.64. The van der Waals surface area contributed by atoms with Gasteiger partial charge in [0.25, 0.3) is 10.0 Å². The minimum atomic E-state index is -3.97. The van der Waals surface area contributed by atoms with Gasteiger partial charge in [-0.1, -0.05) is 0 Å². The monoisotopic (exact) mass is 283 g/mol. The van der Waals surface area contributed by atoms with E-state index in [2.05, 4.69) is 14.7 Å². The lowest BCUT2D eigenvalue weighted by molar-refractivity contribution is 0.0661. The number of carboxylic acids is 1. The number of aromatic nitrogens is 2. The van der Waals surface area contributed by atoms with E-state index >= 15 is 0 Å². The minimum Gasteiger partial charge on any atom is -0.475 e. The summed E-state index contributed by atoms with van der Waals surface area (Å²) in [5.74, 6) is -1.78. The highest BCUT2D eigenvalue weighted by atomic mass is 32.2. The Kier molecular flexibility index (Phi) is 3.21. The fourth-order valence-electron chi connectivity index (χ4n) is 1.38. The summed E-state index contributed by atoms with van der Waals surface area (Å²) in [7, 11) is -3.97. The molecule has 19 heavy (non-hydrogen) atoms. The quantitative estimate of drug-likeness (QED) is 0.853. The Morgan fingerprint density at radius 1 is 1.42 bits per heavy atom. The van der Waals surface area contributed by atoms with Crippen LogP contribution < -0.4 is 4.72 Å². The van der Waals surface area contributed by atoms with Crippen LogP contribution in [0.25, 0.3) is 0 Å². The summed E-state index contributed by atoms with van der Waals surface area (Å²) in [6.45, 7) is 1.36. The van der Waals surface area contributed by atoms with Crippen LogP contribution in [-0.2, 0) is 10.0 Å². The van der Waals surface area contributed by atoms with Crippen molar-refractivity contribution < 1.29 is 22.7 Å². The number of aryl methyl sites for hydroxylation is 1. The zero-order valence-electron chi connectivity index (χ0n) is 9.69. The summed E-state index contributed by atoms with van der Waals surface area (Å²) in [6.07, 6.45) is 3.94. The van der Waals surface area contributed by atoms with Crippen molar-refractivity contribution >= 4 is 21.8 Å². The molecule has 0 aliphatic rings. The molecule has 0 aliphatic heterocycles. The van der Waals surface area contributed by atoms with Crippen molar-refractivity contribution in [3.63, 3.8) is 0 Å². The molecule has 100 valence electrons. The molecule has 0 radical (unpaired) electrons. The summed E-state index contributed by atoms with van der Waals surface area (Å²) in [5, 5.41) is 8.75. The first kappa shape index (κ1) is 13.0. The van der Waals surface area contributed by atoms with E-state index in [1.54, 1.807) is 0 Å². The maximum Gasteiger partial charge on any atom is 0.371 e. The van der Waals surface area contributed by atoms with E-state index in [4.69, 9.17) is 9.52 Å². The zero-order valence-corrected chi connectivity index (χ0v) is 10.5. The molecule has 2 aromatic heterocycles. The van der Waals surface area contributed by atoms with Gasteiger partial charge in [0.2, 0.25) is 5.76 Å². The van der Waals surface area contributed by atoms with E-state index in [0.29, 0.717) is 0 Å². The van der Waals surface area contributed by atoms with Crippen LogP contribution in [-0.4, -0.2) is 29.5 Å². The Morgan fingerprint density at radius 3 is 2.68 bits per heavy atom. The Bertz CT molecular complexity index is 708. The van der Waals surface area contributed by atoms with Crippen LogP contribution in [0.1, 0.15) is 16.3 Å². The van der Waals surface area contributed by atoms with E-state index in [0.717, 1.165) is 6.07 Å². The molecule has 0 aromatic carbocycles. The number of hydrogen-bond donors (Lipinski definition) is 2. The normalized spacial score (nSPS) is 11.2. The topological polar surface area (TPSA) is 122 Å².